The van der Waals surface area contributed by atoms with Crippen LogP contribution in [0.25, 0.3) is 0 Å². The fraction of sp³-hybridized carbons (Fsp3) is 0.278. The molecule has 0 N–H and O–H groups in total. The molecule has 0 saturated heterocycles. The number of benzene rings is 2. The fourth-order valence-corrected chi connectivity index (χ4v) is 1.80. The predicted molar refractivity (Wildman–Crippen MR) is 80.4 cm³/mol. The van der Waals surface area contributed by atoms with Crippen LogP contribution in [-0.2, 0) is 0 Å². The molecule has 1 atom stereocenters. The van der Waals surface area contributed by atoms with Crippen molar-refractivity contribution >= 4 is 0 Å². The van der Waals surface area contributed by atoms with Gasteiger partial charge < -0.3 is 4.74 Å². The number of ether oxygens (including phenoxy) is 1. The third-order valence-corrected chi connectivity index (χ3v) is 3.31. The number of rotatable bonds is 6. The van der Waals surface area contributed by atoms with Crippen LogP contribution >= 0.6 is 0 Å². The van der Waals surface area contributed by atoms with Crippen molar-refractivity contribution in [3.8, 4) is 11.5 Å². The first-order chi connectivity index (χ1) is 9.28. The van der Waals surface area contributed by atoms with E-state index >= 15 is 0 Å². The smallest absolute Gasteiger partial charge is 0.460 e. The van der Waals surface area contributed by atoms with E-state index in [9.17, 15) is 0 Å². The third kappa shape index (κ3) is 7.22. The summed E-state index contributed by atoms with van der Waals surface area (Å²) in [4.78, 5) is 0. The molecule has 0 aliphatic rings. The average molecular weight is 267 g/mol. The van der Waals surface area contributed by atoms with Gasteiger partial charge >= 0.3 is 37.7 Å². The zero-order chi connectivity index (χ0) is 13.5. The first-order valence-corrected chi connectivity index (χ1v) is 6.94. The van der Waals surface area contributed by atoms with Crippen molar-refractivity contribution in [3.63, 3.8) is 0 Å². The van der Waals surface area contributed by atoms with E-state index in [2.05, 4.69) is 32.4 Å². The van der Waals surface area contributed by atoms with Crippen molar-refractivity contribution in [2.24, 2.45) is 5.92 Å². The first-order valence-electron chi connectivity index (χ1n) is 6.94. The molecule has 2 aromatic carbocycles. The van der Waals surface area contributed by atoms with E-state index in [0.717, 1.165) is 23.8 Å². The van der Waals surface area contributed by atoms with Gasteiger partial charge in [-0.3, -0.25) is 0 Å². The second-order valence-corrected chi connectivity index (χ2v) is 4.94. The summed E-state index contributed by atoms with van der Waals surface area (Å²) in [6, 6.07) is 18.1. The Hall–Kier alpha value is -0.695. The number of hydrogen-bond donors (Lipinski definition) is 0. The van der Waals surface area contributed by atoms with Crippen LogP contribution in [0.1, 0.15) is 32.3 Å². The van der Waals surface area contributed by atoms with Crippen LogP contribution in [0.4, 0.5) is 0 Å². The van der Waals surface area contributed by atoms with Crippen molar-refractivity contribution in [2.45, 2.75) is 26.7 Å². The van der Waals surface area contributed by atoms with Crippen LogP contribution in [0, 0.1) is 12.3 Å². The molecule has 2 aromatic rings. The van der Waals surface area contributed by atoms with Gasteiger partial charge in [-0.25, -0.2) is 0 Å². The Labute approximate surface area is 152 Å². The molecule has 0 amide bonds. The van der Waals surface area contributed by atoms with Gasteiger partial charge in [0.15, 0.2) is 0 Å². The SMILES string of the molecule is CCC(C)C[CH-]c1ccc(Oc2ccccc2)cc1.[Li+].[Li+]. The third-order valence-electron chi connectivity index (χ3n) is 3.31. The predicted octanol–water partition coefficient (Wildman–Crippen LogP) is -0.525. The second-order valence-electron chi connectivity index (χ2n) is 4.94. The van der Waals surface area contributed by atoms with Crippen molar-refractivity contribution in [1.82, 2.24) is 0 Å². The van der Waals surface area contributed by atoms with Crippen molar-refractivity contribution in [2.75, 3.05) is 0 Å². The van der Waals surface area contributed by atoms with Crippen LogP contribution in [0.15, 0.2) is 54.6 Å². The molecule has 2 rings (SSSR count). The minimum Gasteiger partial charge on any atom is -0.460 e. The molecule has 1 unspecified atom stereocenters. The van der Waals surface area contributed by atoms with E-state index in [1.165, 1.54) is 12.0 Å². The normalized spacial score (nSPS) is 10.8. The summed E-state index contributed by atoms with van der Waals surface area (Å²) in [6.07, 6.45) is 4.65. The van der Waals surface area contributed by atoms with E-state index in [4.69, 9.17) is 4.74 Å². The summed E-state index contributed by atoms with van der Waals surface area (Å²) in [5, 5.41) is 0. The van der Waals surface area contributed by atoms with Crippen LogP contribution in [0.3, 0.4) is 0 Å². The minimum absolute atomic E-state index is 0. The van der Waals surface area contributed by atoms with Gasteiger partial charge in [0, 0.05) is 0 Å². The largest absolute Gasteiger partial charge is 1.00 e. The molecule has 0 aromatic heterocycles. The molecular weight excluding hydrogens is 246 g/mol. The van der Waals surface area contributed by atoms with Gasteiger partial charge in [0.05, 0.1) is 0 Å². The van der Waals surface area contributed by atoms with E-state index in [1.54, 1.807) is 0 Å². The molecule has 0 saturated carbocycles. The van der Waals surface area contributed by atoms with Gasteiger partial charge in [0.25, 0.3) is 0 Å². The van der Waals surface area contributed by atoms with Crippen molar-refractivity contribution < 1.29 is 42.5 Å². The minimum atomic E-state index is 0. The zero-order valence-corrected chi connectivity index (χ0v) is 13.7. The first kappa shape index (κ1) is 20.3. The molecule has 21 heavy (non-hydrogen) atoms. The Morgan fingerprint density at radius 3 is 2.05 bits per heavy atom. The van der Waals surface area contributed by atoms with Gasteiger partial charge in [-0.2, -0.15) is 24.1 Å². The fourth-order valence-electron chi connectivity index (χ4n) is 1.80. The Bertz CT molecular complexity index is 482. The molecule has 0 bridgehead atoms. The molecule has 100 valence electrons. The molecule has 0 fully saturated rings. The zero-order valence-electron chi connectivity index (χ0n) is 13.7. The standard InChI is InChI=1S/C18H21O.2Li/c1-3-15(2)9-10-16-11-13-18(14-12-16)19-17-7-5-4-6-8-17;;/h4-8,10-15H,3,9H2,1-2H3;;/q-1;2*+1. The monoisotopic (exact) mass is 267 g/mol. The number of para-hydroxylation sites is 1. The maximum absolute atomic E-state index is 5.77. The van der Waals surface area contributed by atoms with Crippen LogP contribution in [0.2, 0.25) is 0 Å². The van der Waals surface area contributed by atoms with Gasteiger partial charge in [-0.1, -0.05) is 62.9 Å². The van der Waals surface area contributed by atoms with Crippen LogP contribution in [-0.4, -0.2) is 0 Å². The molecular formula is C18H21Li2O+. The Morgan fingerprint density at radius 1 is 0.905 bits per heavy atom. The summed E-state index contributed by atoms with van der Waals surface area (Å²) in [5.74, 6) is 2.51. The topological polar surface area (TPSA) is 9.23 Å². The Morgan fingerprint density at radius 2 is 1.48 bits per heavy atom. The van der Waals surface area contributed by atoms with E-state index in [1.807, 2.05) is 42.5 Å². The molecule has 1 nitrogen and oxygen atoms in total. The van der Waals surface area contributed by atoms with Gasteiger partial charge in [-0.15, -0.1) is 0 Å². The molecule has 0 aliphatic carbocycles. The maximum Gasteiger partial charge on any atom is 1.00 e. The summed E-state index contributed by atoms with van der Waals surface area (Å²) in [6.45, 7) is 4.51. The summed E-state index contributed by atoms with van der Waals surface area (Å²) in [5.41, 5.74) is 1.26. The summed E-state index contributed by atoms with van der Waals surface area (Å²) in [7, 11) is 0. The summed E-state index contributed by atoms with van der Waals surface area (Å²) < 4.78 is 5.77. The molecule has 3 heteroatoms. The van der Waals surface area contributed by atoms with Crippen LogP contribution in [0.5, 0.6) is 11.5 Å². The van der Waals surface area contributed by atoms with Gasteiger partial charge in [-0.05, 0) is 12.1 Å². The van der Waals surface area contributed by atoms with Gasteiger partial charge in [0.1, 0.15) is 11.5 Å². The number of hydrogen-bond acceptors (Lipinski definition) is 1. The van der Waals surface area contributed by atoms with Crippen LogP contribution < -0.4 is 42.5 Å². The van der Waals surface area contributed by atoms with E-state index in [-0.39, 0.29) is 37.7 Å². The Balaban J connectivity index is 0.00000200. The summed E-state index contributed by atoms with van der Waals surface area (Å²) >= 11 is 0. The molecule has 0 aliphatic heterocycles. The van der Waals surface area contributed by atoms with Crippen molar-refractivity contribution in [3.05, 3.63) is 66.6 Å². The van der Waals surface area contributed by atoms with Crippen molar-refractivity contribution in [1.29, 1.82) is 0 Å². The molecule has 0 radical (unpaired) electrons. The Kier molecular flexibility index (Phi) is 10.6. The molecule has 0 spiro atoms. The van der Waals surface area contributed by atoms with E-state index in [0.29, 0.717) is 0 Å². The average Bonchev–Trinajstić information content (AvgIpc) is 2.47. The van der Waals surface area contributed by atoms with E-state index < -0.39 is 0 Å². The van der Waals surface area contributed by atoms with Gasteiger partial charge in [0.2, 0.25) is 0 Å². The second kappa shape index (κ2) is 10.9. The molecule has 0 heterocycles. The quantitative estimate of drug-likeness (QED) is 0.505. The maximum atomic E-state index is 5.77.